The Labute approximate surface area is 105 Å². The number of rotatable bonds is 3. The molecule has 0 bridgehead atoms. The monoisotopic (exact) mass is 249 g/mol. The zero-order valence-electron chi connectivity index (χ0n) is 9.39. The summed E-state index contributed by atoms with van der Waals surface area (Å²) in [4.78, 5) is 11.1. The highest BCUT2D eigenvalue weighted by molar-refractivity contribution is 6.15. The van der Waals surface area contributed by atoms with Crippen molar-refractivity contribution >= 4 is 17.8 Å². The number of hydrogen-bond acceptors (Lipinski definition) is 2. The van der Waals surface area contributed by atoms with E-state index in [0.29, 0.717) is 5.56 Å². The topological polar surface area (TPSA) is 31.2 Å². The Morgan fingerprint density at radius 1 is 1.29 bits per heavy atom. The van der Waals surface area contributed by atoms with Crippen LogP contribution in [0.25, 0.3) is 0 Å². The summed E-state index contributed by atoms with van der Waals surface area (Å²) in [6.45, 7) is 0. The normalized spacial score (nSPS) is 10.2. The van der Waals surface area contributed by atoms with Gasteiger partial charge in [-0.25, -0.2) is 4.79 Å². The summed E-state index contributed by atoms with van der Waals surface area (Å²) >= 11 is 5.01. The summed E-state index contributed by atoms with van der Waals surface area (Å²) in [5.41, 5.74) is 2.81. The van der Waals surface area contributed by atoms with Gasteiger partial charge in [0, 0.05) is 25.4 Å². The van der Waals surface area contributed by atoms with Gasteiger partial charge >= 0.3 is 5.97 Å². The zero-order valence-corrected chi connectivity index (χ0v) is 10.1. The zero-order chi connectivity index (χ0) is 12.3. The van der Waals surface area contributed by atoms with Crippen molar-refractivity contribution in [3.05, 3.63) is 59.4 Å². The Hall–Kier alpha value is -1.74. The summed E-state index contributed by atoms with van der Waals surface area (Å²) in [6, 6.07) is 11.3. The van der Waals surface area contributed by atoms with Crippen molar-refractivity contribution in [2.45, 2.75) is 6.42 Å². The quantitative estimate of drug-likeness (QED) is 0.838. The van der Waals surface area contributed by atoms with Crippen LogP contribution in [0.5, 0.6) is 0 Å². The highest BCUT2D eigenvalue weighted by atomic mass is 35.5. The van der Waals surface area contributed by atoms with Crippen molar-refractivity contribution in [1.29, 1.82) is 0 Å². The molecule has 0 saturated carbocycles. The van der Waals surface area contributed by atoms with Gasteiger partial charge in [-0.15, -0.1) is 0 Å². The highest BCUT2D eigenvalue weighted by Crippen LogP contribution is 2.12. The van der Waals surface area contributed by atoms with E-state index in [2.05, 4.69) is 14.9 Å². The van der Waals surface area contributed by atoms with Gasteiger partial charge in [-0.05, 0) is 29.8 Å². The largest absolute Gasteiger partial charge is 0.356 e. The molecule has 3 nitrogen and oxygen atoms in total. The molecule has 0 spiro atoms. The van der Waals surface area contributed by atoms with Crippen LogP contribution in [0.4, 0.5) is 0 Å². The molecule has 0 saturated heterocycles. The molecule has 2 rings (SSSR count). The maximum Gasteiger partial charge on any atom is 0.356 e. The van der Waals surface area contributed by atoms with E-state index >= 15 is 0 Å². The average Bonchev–Trinajstić information content (AvgIpc) is 2.75. The van der Waals surface area contributed by atoms with Crippen molar-refractivity contribution < 1.29 is 9.08 Å². The van der Waals surface area contributed by atoms with Gasteiger partial charge in [0.1, 0.15) is 11.9 Å². The predicted octanol–water partition coefficient (Wildman–Crippen LogP) is 2.93. The predicted molar refractivity (Wildman–Crippen MR) is 65.9 cm³/mol. The van der Waals surface area contributed by atoms with Crippen LogP contribution in [0.1, 0.15) is 21.6 Å². The van der Waals surface area contributed by atoms with Gasteiger partial charge in [0.15, 0.2) is 0 Å². The Balaban J connectivity index is 2.14. The van der Waals surface area contributed by atoms with Crippen LogP contribution in [0.3, 0.4) is 0 Å². The second-order valence-electron chi connectivity index (χ2n) is 3.85. The first-order valence-electron chi connectivity index (χ1n) is 5.23. The molecule has 1 heterocycles. The van der Waals surface area contributed by atoms with E-state index in [1.54, 1.807) is 12.1 Å². The molecular weight excluding hydrogens is 238 g/mol. The van der Waals surface area contributed by atoms with Gasteiger partial charge in [-0.3, -0.25) is 0 Å². The van der Waals surface area contributed by atoms with Crippen molar-refractivity contribution in [2.75, 3.05) is 0 Å². The number of halogens is 1. The van der Waals surface area contributed by atoms with Gasteiger partial charge in [0.25, 0.3) is 0 Å². The number of carbonyl (C=O) groups excluding carboxylic acids is 1. The maximum absolute atomic E-state index is 11.1. The van der Waals surface area contributed by atoms with Crippen LogP contribution in [0, 0.1) is 0 Å². The molecule has 1 aromatic carbocycles. The number of nitrogens with zero attached hydrogens (tertiary/aromatic N) is 1. The van der Waals surface area contributed by atoms with E-state index in [9.17, 15) is 4.79 Å². The smallest absolute Gasteiger partial charge is 0.354 e. The summed E-state index contributed by atoms with van der Waals surface area (Å²) in [7, 11) is 2.01. The average molecular weight is 250 g/mol. The van der Waals surface area contributed by atoms with Gasteiger partial charge in [0.05, 0.1) is 5.56 Å². The number of aryl methyl sites for hydroxylation is 1. The molecule has 17 heavy (non-hydrogen) atoms. The third-order valence-corrected chi connectivity index (χ3v) is 2.84. The SMILES string of the molecule is Cn1cccc1Cc1ccc(C(=O)OCl)cc1. The second kappa shape index (κ2) is 5.06. The molecule has 0 aliphatic rings. The number of benzene rings is 1. The molecule has 88 valence electrons. The fourth-order valence-corrected chi connectivity index (χ4v) is 1.78. The minimum Gasteiger partial charge on any atom is -0.354 e. The van der Waals surface area contributed by atoms with Crippen LogP contribution in [0.2, 0.25) is 0 Å². The third kappa shape index (κ3) is 2.68. The van der Waals surface area contributed by atoms with E-state index in [1.807, 2.05) is 31.4 Å². The summed E-state index contributed by atoms with van der Waals surface area (Å²) in [5, 5.41) is 0. The first kappa shape index (κ1) is 11.7. The van der Waals surface area contributed by atoms with E-state index in [-0.39, 0.29) is 0 Å². The standard InChI is InChI=1S/C13H12ClNO2/c1-15-8-2-3-12(15)9-10-4-6-11(7-5-10)13(16)17-14/h2-8H,9H2,1H3. The van der Waals surface area contributed by atoms with Crippen molar-refractivity contribution in [3.8, 4) is 0 Å². The van der Waals surface area contributed by atoms with Gasteiger partial charge in [-0.1, -0.05) is 12.1 Å². The van der Waals surface area contributed by atoms with Crippen LogP contribution in [-0.2, 0) is 17.8 Å². The molecule has 4 heteroatoms. The first-order chi connectivity index (χ1) is 8.20. The van der Waals surface area contributed by atoms with E-state index in [4.69, 9.17) is 11.9 Å². The van der Waals surface area contributed by atoms with Crippen molar-refractivity contribution in [2.24, 2.45) is 7.05 Å². The molecule has 0 aliphatic carbocycles. The van der Waals surface area contributed by atoms with Gasteiger partial charge < -0.3 is 8.86 Å². The lowest BCUT2D eigenvalue weighted by molar-refractivity contribution is 0.0751. The lowest BCUT2D eigenvalue weighted by Crippen LogP contribution is -1.99. The molecule has 0 amide bonds. The van der Waals surface area contributed by atoms with Crippen molar-refractivity contribution in [3.63, 3.8) is 0 Å². The van der Waals surface area contributed by atoms with Crippen LogP contribution in [-0.4, -0.2) is 10.5 Å². The molecule has 0 atom stereocenters. The molecule has 0 aliphatic heterocycles. The molecule has 0 unspecified atom stereocenters. The van der Waals surface area contributed by atoms with Crippen molar-refractivity contribution in [1.82, 2.24) is 4.57 Å². The minimum atomic E-state index is -0.530. The van der Waals surface area contributed by atoms with E-state index in [1.165, 1.54) is 5.69 Å². The summed E-state index contributed by atoms with van der Waals surface area (Å²) < 4.78 is 6.20. The van der Waals surface area contributed by atoms with Crippen LogP contribution < -0.4 is 0 Å². The second-order valence-corrected chi connectivity index (χ2v) is 4.00. The van der Waals surface area contributed by atoms with E-state index in [0.717, 1.165) is 12.0 Å². The number of carbonyl (C=O) groups is 1. The fraction of sp³-hybridized carbons (Fsp3) is 0.154. The minimum absolute atomic E-state index is 0.454. The molecule has 0 radical (unpaired) electrons. The Bertz CT molecular complexity index is 516. The molecule has 0 N–H and O–H groups in total. The first-order valence-corrected chi connectivity index (χ1v) is 5.53. The highest BCUT2D eigenvalue weighted by Gasteiger charge is 2.06. The lowest BCUT2D eigenvalue weighted by atomic mass is 10.1. The Kier molecular flexibility index (Phi) is 3.49. The molecule has 0 fully saturated rings. The van der Waals surface area contributed by atoms with Gasteiger partial charge in [0.2, 0.25) is 0 Å². The molecule has 2 aromatic rings. The Morgan fingerprint density at radius 3 is 2.53 bits per heavy atom. The Morgan fingerprint density at radius 2 is 2.00 bits per heavy atom. The number of aromatic nitrogens is 1. The lowest BCUT2D eigenvalue weighted by Gasteiger charge is -2.04. The van der Waals surface area contributed by atoms with Crippen LogP contribution >= 0.6 is 11.9 Å². The fourth-order valence-electron chi connectivity index (χ4n) is 1.69. The third-order valence-electron chi connectivity index (χ3n) is 2.70. The van der Waals surface area contributed by atoms with E-state index < -0.39 is 5.97 Å². The maximum atomic E-state index is 11.1. The summed E-state index contributed by atoms with van der Waals surface area (Å²) in [5.74, 6) is -0.530. The molecular formula is C13H12ClNO2. The van der Waals surface area contributed by atoms with Crippen LogP contribution in [0.15, 0.2) is 42.6 Å². The molecule has 1 aromatic heterocycles. The summed E-state index contributed by atoms with van der Waals surface area (Å²) in [6.07, 6.45) is 2.84. The number of hydrogen-bond donors (Lipinski definition) is 0. The van der Waals surface area contributed by atoms with Gasteiger partial charge in [-0.2, -0.15) is 0 Å².